The second-order valence-corrected chi connectivity index (χ2v) is 3.82. The van der Waals surface area contributed by atoms with Crippen molar-refractivity contribution >= 4 is 0 Å². The molecule has 0 saturated carbocycles. The van der Waals surface area contributed by atoms with Gasteiger partial charge in [0.1, 0.15) is 11.9 Å². The van der Waals surface area contributed by atoms with Gasteiger partial charge in [-0.15, -0.1) is 0 Å². The van der Waals surface area contributed by atoms with Crippen LogP contribution in [-0.4, -0.2) is 0 Å². The summed E-state index contributed by atoms with van der Waals surface area (Å²) < 4.78 is 52.1. The van der Waals surface area contributed by atoms with Crippen LogP contribution in [0.15, 0.2) is 42.5 Å². The zero-order valence-electron chi connectivity index (χ0n) is 9.50. The van der Waals surface area contributed by atoms with Gasteiger partial charge in [0.2, 0.25) is 0 Å². The highest BCUT2D eigenvalue weighted by atomic mass is 19.4. The highest BCUT2D eigenvalue weighted by Gasteiger charge is 2.33. The molecule has 0 aliphatic carbocycles. The molecule has 0 spiro atoms. The zero-order valence-corrected chi connectivity index (χ0v) is 9.50. The van der Waals surface area contributed by atoms with E-state index in [0.29, 0.717) is 0 Å². The van der Waals surface area contributed by atoms with Gasteiger partial charge in [-0.25, -0.2) is 4.39 Å². The highest BCUT2D eigenvalue weighted by Crippen LogP contribution is 2.38. The molecule has 96 valence electrons. The summed E-state index contributed by atoms with van der Waals surface area (Å²) in [7, 11) is 0. The Kier molecular flexibility index (Phi) is 3.26. The standard InChI is InChI=1S/C14H7F4N/c15-13-7-3-5-9(11(13)8-19)10-4-1-2-6-12(10)14(16,17)18/h1-7H. The number of halogens is 4. The van der Waals surface area contributed by atoms with Crippen LogP contribution in [0.25, 0.3) is 11.1 Å². The van der Waals surface area contributed by atoms with Crippen molar-refractivity contribution < 1.29 is 17.6 Å². The van der Waals surface area contributed by atoms with Gasteiger partial charge in [0, 0.05) is 5.56 Å². The van der Waals surface area contributed by atoms with Crippen molar-refractivity contribution in [2.75, 3.05) is 0 Å². The zero-order chi connectivity index (χ0) is 14.0. The number of hydrogen-bond donors (Lipinski definition) is 0. The summed E-state index contributed by atoms with van der Waals surface area (Å²) in [6.45, 7) is 0. The van der Waals surface area contributed by atoms with Crippen LogP contribution in [-0.2, 0) is 6.18 Å². The average molecular weight is 265 g/mol. The maximum atomic E-state index is 13.5. The number of alkyl halides is 3. The Hall–Kier alpha value is -2.35. The summed E-state index contributed by atoms with van der Waals surface area (Å²) >= 11 is 0. The lowest BCUT2D eigenvalue weighted by atomic mass is 9.95. The van der Waals surface area contributed by atoms with Crippen molar-refractivity contribution in [3.05, 3.63) is 59.4 Å². The lowest BCUT2D eigenvalue weighted by Crippen LogP contribution is -2.07. The Morgan fingerprint density at radius 1 is 0.895 bits per heavy atom. The number of hydrogen-bond acceptors (Lipinski definition) is 1. The molecular weight excluding hydrogens is 258 g/mol. The van der Waals surface area contributed by atoms with Crippen molar-refractivity contribution in [3.8, 4) is 17.2 Å². The molecule has 2 aromatic rings. The predicted octanol–water partition coefficient (Wildman–Crippen LogP) is 4.38. The van der Waals surface area contributed by atoms with Crippen LogP contribution < -0.4 is 0 Å². The molecule has 0 amide bonds. The van der Waals surface area contributed by atoms with E-state index in [-0.39, 0.29) is 16.7 Å². The highest BCUT2D eigenvalue weighted by molar-refractivity contribution is 5.74. The topological polar surface area (TPSA) is 23.8 Å². The van der Waals surface area contributed by atoms with E-state index in [9.17, 15) is 17.6 Å². The van der Waals surface area contributed by atoms with Gasteiger partial charge in [0.15, 0.2) is 0 Å². The SMILES string of the molecule is N#Cc1c(F)cccc1-c1ccccc1C(F)(F)F. The van der Waals surface area contributed by atoms with Gasteiger partial charge in [-0.3, -0.25) is 0 Å². The van der Waals surface area contributed by atoms with Crippen molar-refractivity contribution in [1.82, 2.24) is 0 Å². The van der Waals surface area contributed by atoms with Crippen molar-refractivity contribution in [2.45, 2.75) is 6.18 Å². The first-order chi connectivity index (χ1) is 8.95. The third-order valence-corrected chi connectivity index (χ3v) is 2.65. The fourth-order valence-corrected chi connectivity index (χ4v) is 1.83. The molecule has 0 saturated heterocycles. The Bertz CT molecular complexity index is 653. The maximum Gasteiger partial charge on any atom is 0.417 e. The summed E-state index contributed by atoms with van der Waals surface area (Å²) in [5, 5.41) is 8.88. The molecular formula is C14H7F4N. The summed E-state index contributed by atoms with van der Waals surface area (Å²) in [6.07, 6.45) is -4.56. The monoisotopic (exact) mass is 265 g/mol. The van der Waals surface area contributed by atoms with Crippen molar-refractivity contribution in [3.63, 3.8) is 0 Å². The van der Waals surface area contributed by atoms with E-state index >= 15 is 0 Å². The largest absolute Gasteiger partial charge is 0.417 e. The minimum absolute atomic E-state index is 0.0598. The summed E-state index contributed by atoms with van der Waals surface area (Å²) in [4.78, 5) is 0. The molecule has 2 rings (SSSR count). The Balaban J connectivity index is 2.75. The normalized spacial score (nSPS) is 11.1. The van der Waals surface area contributed by atoms with Gasteiger partial charge < -0.3 is 0 Å². The van der Waals surface area contributed by atoms with Gasteiger partial charge in [0.25, 0.3) is 0 Å². The average Bonchev–Trinajstić information content (AvgIpc) is 2.37. The van der Waals surface area contributed by atoms with Crippen LogP contribution in [0.1, 0.15) is 11.1 Å². The fourth-order valence-electron chi connectivity index (χ4n) is 1.83. The predicted molar refractivity (Wildman–Crippen MR) is 61.6 cm³/mol. The number of benzene rings is 2. The Morgan fingerprint density at radius 3 is 2.16 bits per heavy atom. The minimum Gasteiger partial charge on any atom is -0.206 e. The lowest BCUT2D eigenvalue weighted by molar-refractivity contribution is -0.137. The van der Waals surface area contributed by atoms with E-state index < -0.39 is 17.6 Å². The van der Waals surface area contributed by atoms with E-state index in [2.05, 4.69) is 0 Å². The molecule has 2 aromatic carbocycles. The minimum atomic E-state index is -4.56. The Labute approximate surface area is 106 Å². The maximum absolute atomic E-state index is 13.5. The second kappa shape index (κ2) is 4.73. The number of nitriles is 1. The number of rotatable bonds is 1. The Morgan fingerprint density at radius 2 is 1.53 bits per heavy atom. The third kappa shape index (κ3) is 2.43. The molecule has 0 radical (unpaired) electrons. The van der Waals surface area contributed by atoms with E-state index in [1.165, 1.54) is 30.3 Å². The van der Waals surface area contributed by atoms with Crippen molar-refractivity contribution in [2.24, 2.45) is 0 Å². The van der Waals surface area contributed by atoms with E-state index in [4.69, 9.17) is 5.26 Å². The van der Waals surface area contributed by atoms with Crippen LogP contribution in [0.4, 0.5) is 17.6 Å². The molecule has 5 heteroatoms. The molecule has 0 heterocycles. The molecule has 0 unspecified atom stereocenters. The summed E-state index contributed by atoms with van der Waals surface area (Å²) in [6, 6.07) is 10.00. The van der Waals surface area contributed by atoms with E-state index in [1.54, 1.807) is 6.07 Å². The molecule has 0 aromatic heterocycles. The van der Waals surface area contributed by atoms with Crippen LogP contribution in [0, 0.1) is 17.1 Å². The van der Waals surface area contributed by atoms with Crippen molar-refractivity contribution in [1.29, 1.82) is 5.26 Å². The smallest absolute Gasteiger partial charge is 0.206 e. The van der Waals surface area contributed by atoms with Gasteiger partial charge >= 0.3 is 6.18 Å². The summed E-state index contributed by atoms with van der Waals surface area (Å²) in [5.41, 5.74) is -1.54. The van der Waals surface area contributed by atoms with Crippen LogP contribution in [0.5, 0.6) is 0 Å². The molecule has 1 nitrogen and oxygen atoms in total. The van der Waals surface area contributed by atoms with Crippen LogP contribution >= 0.6 is 0 Å². The molecule has 0 N–H and O–H groups in total. The first-order valence-electron chi connectivity index (χ1n) is 5.30. The van der Waals surface area contributed by atoms with Gasteiger partial charge in [0.05, 0.1) is 11.1 Å². The molecule has 0 atom stereocenters. The van der Waals surface area contributed by atoms with Gasteiger partial charge in [-0.2, -0.15) is 18.4 Å². The molecule has 19 heavy (non-hydrogen) atoms. The van der Waals surface area contributed by atoms with Gasteiger partial charge in [-0.1, -0.05) is 30.3 Å². The third-order valence-electron chi connectivity index (χ3n) is 2.65. The number of nitrogens with zero attached hydrogens (tertiary/aromatic N) is 1. The lowest BCUT2D eigenvalue weighted by Gasteiger charge is -2.13. The molecule has 0 aliphatic rings. The van der Waals surface area contributed by atoms with Crippen LogP contribution in [0.2, 0.25) is 0 Å². The molecule has 0 fully saturated rings. The summed E-state index contributed by atoms with van der Waals surface area (Å²) in [5.74, 6) is -0.836. The molecule has 0 bridgehead atoms. The van der Waals surface area contributed by atoms with Crippen LogP contribution in [0.3, 0.4) is 0 Å². The fraction of sp³-hybridized carbons (Fsp3) is 0.0714. The second-order valence-electron chi connectivity index (χ2n) is 3.82. The van der Waals surface area contributed by atoms with E-state index in [0.717, 1.165) is 12.1 Å². The quantitative estimate of drug-likeness (QED) is 0.702. The van der Waals surface area contributed by atoms with Gasteiger partial charge in [-0.05, 0) is 17.7 Å². The first kappa shape index (κ1) is 13.1. The van der Waals surface area contributed by atoms with E-state index in [1.807, 2.05) is 0 Å². The first-order valence-corrected chi connectivity index (χ1v) is 5.30. The molecule has 0 aliphatic heterocycles.